The number of ether oxygens (including phenoxy) is 1. The van der Waals surface area contributed by atoms with E-state index >= 15 is 0 Å². The Bertz CT molecular complexity index is 537. The van der Waals surface area contributed by atoms with Gasteiger partial charge in [0.05, 0.1) is 0 Å². The topological polar surface area (TPSA) is 55.6 Å². The summed E-state index contributed by atoms with van der Waals surface area (Å²) in [6.45, 7) is 6.07. The van der Waals surface area contributed by atoms with Crippen molar-refractivity contribution in [3.05, 3.63) is 35.4 Å². The van der Waals surface area contributed by atoms with E-state index in [9.17, 15) is 13.6 Å². The van der Waals surface area contributed by atoms with Crippen LogP contribution in [0.4, 0.5) is 13.6 Å². The van der Waals surface area contributed by atoms with E-state index in [-0.39, 0.29) is 12.0 Å². The molecule has 0 radical (unpaired) electrons. The Labute approximate surface area is 129 Å². The molecule has 1 heterocycles. The average molecular weight is 312 g/mol. The molecule has 1 saturated heterocycles. The zero-order valence-corrected chi connectivity index (χ0v) is 13.1. The van der Waals surface area contributed by atoms with Crippen molar-refractivity contribution >= 4 is 6.09 Å². The van der Waals surface area contributed by atoms with Crippen LogP contribution in [0.25, 0.3) is 0 Å². The molecule has 6 heteroatoms. The molecule has 0 aliphatic carbocycles. The van der Waals surface area contributed by atoms with Crippen LogP contribution in [0, 0.1) is 11.6 Å². The molecule has 22 heavy (non-hydrogen) atoms. The van der Waals surface area contributed by atoms with Crippen molar-refractivity contribution in [1.29, 1.82) is 0 Å². The second-order valence-electron chi connectivity index (χ2n) is 6.78. The van der Waals surface area contributed by atoms with E-state index in [0.717, 1.165) is 6.07 Å². The molecule has 122 valence electrons. The summed E-state index contributed by atoms with van der Waals surface area (Å²) in [6, 6.07) is 3.16. The van der Waals surface area contributed by atoms with Gasteiger partial charge >= 0.3 is 6.09 Å². The number of piperidine rings is 1. The van der Waals surface area contributed by atoms with Gasteiger partial charge < -0.3 is 15.4 Å². The Morgan fingerprint density at radius 3 is 2.36 bits per heavy atom. The number of hydrogen-bond donors (Lipinski definition) is 1. The molecule has 1 amide bonds. The van der Waals surface area contributed by atoms with Crippen LogP contribution < -0.4 is 5.73 Å². The van der Waals surface area contributed by atoms with Crippen molar-refractivity contribution in [2.45, 2.75) is 44.8 Å². The minimum Gasteiger partial charge on any atom is -0.444 e. The van der Waals surface area contributed by atoms with Gasteiger partial charge in [-0.25, -0.2) is 13.6 Å². The first-order valence-electron chi connectivity index (χ1n) is 7.33. The molecule has 1 aromatic rings. The number of rotatable bonds is 1. The van der Waals surface area contributed by atoms with Gasteiger partial charge in [0.15, 0.2) is 0 Å². The maximum absolute atomic E-state index is 13.4. The minimum atomic E-state index is -0.627. The van der Waals surface area contributed by atoms with Crippen molar-refractivity contribution in [2.24, 2.45) is 5.73 Å². The van der Waals surface area contributed by atoms with Crippen LogP contribution in [0.1, 0.15) is 38.7 Å². The van der Waals surface area contributed by atoms with E-state index in [1.165, 1.54) is 17.0 Å². The van der Waals surface area contributed by atoms with Crippen LogP contribution in [0.3, 0.4) is 0 Å². The molecular weight excluding hydrogens is 290 g/mol. The van der Waals surface area contributed by atoms with Gasteiger partial charge in [-0.2, -0.15) is 0 Å². The zero-order chi connectivity index (χ0) is 16.5. The lowest BCUT2D eigenvalue weighted by molar-refractivity contribution is 0.0180. The maximum Gasteiger partial charge on any atom is 0.410 e. The van der Waals surface area contributed by atoms with Crippen molar-refractivity contribution in [2.75, 3.05) is 13.1 Å². The standard InChI is InChI=1S/C16H22F2N2O2/c1-16(2,3)22-15(21)20-8-11(6-14(19)9-20)10-4-12(17)7-13(18)5-10/h4-5,7,11,14H,6,8-9,19H2,1-3H3. The Hall–Kier alpha value is -1.69. The summed E-state index contributed by atoms with van der Waals surface area (Å²) in [5.41, 5.74) is 5.91. The summed E-state index contributed by atoms with van der Waals surface area (Å²) in [5.74, 6) is -1.46. The number of halogens is 2. The van der Waals surface area contributed by atoms with Gasteiger partial charge in [-0.05, 0) is 44.9 Å². The highest BCUT2D eigenvalue weighted by Gasteiger charge is 2.32. The number of benzene rings is 1. The lowest BCUT2D eigenvalue weighted by atomic mass is 9.88. The molecule has 0 spiro atoms. The normalized spacial score (nSPS) is 22.5. The van der Waals surface area contributed by atoms with Crippen molar-refractivity contribution in [3.8, 4) is 0 Å². The third-order valence-corrected chi connectivity index (χ3v) is 3.49. The lowest BCUT2D eigenvalue weighted by Gasteiger charge is -2.37. The molecule has 2 rings (SSSR count). The van der Waals surface area contributed by atoms with E-state index in [1.54, 1.807) is 20.8 Å². The monoisotopic (exact) mass is 312 g/mol. The highest BCUT2D eigenvalue weighted by molar-refractivity contribution is 5.68. The largest absolute Gasteiger partial charge is 0.444 e. The molecule has 2 atom stereocenters. The van der Waals surface area contributed by atoms with Crippen LogP contribution in [0.15, 0.2) is 18.2 Å². The number of carbonyl (C=O) groups excluding carboxylic acids is 1. The van der Waals surface area contributed by atoms with E-state index < -0.39 is 23.3 Å². The lowest BCUT2D eigenvalue weighted by Crippen LogP contribution is -2.50. The molecular formula is C16H22F2N2O2. The summed E-state index contributed by atoms with van der Waals surface area (Å²) in [5, 5.41) is 0. The number of likely N-dealkylation sites (tertiary alicyclic amines) is 1. The van der Waals surface area contributed by atoms with Gasteiger partial charge in [0.2, 0.25) is 0 Å². The molecule has 0 saturated carbocycles. The third kappa shape index (κ3) is 4.40. The van der Waals surface area contributed by atoms with Gasteiger partial charge in [0.1, 0.15) is 17.2 Å². The van der Waals surface area contributed by atoms with Crippen LogP contribution >= 0.6 is 0 Å². The van der Waals surface area contributed by atoms with Gasteiger partial charge in [0, 0.05) is 31.1 Å². The fraction of sp³-hybridized carbons (Fsp3) is 0.562. The van der Waals surface area contributed by atoms with Crippen LogP contribution in [0.2, 0.25) is 0 Å². The minimum absolute atomic E-state index is 0.207. The number of carbonyl (C=O) groups is 1. The first-order valence-corrected chi connectivity index (χ1v) is 7.33. The smallest absolute Gasteiger partial charge is 0.410 e. The molecule has 0 aromatic heterocycles. The molecule has 1 fully saturated rings. The molecule has 1 aliphatic rings. The fourth-order valence-electron chi connectivity index (χ4n) is 2.67. The Morgan fingerprint density at radius 1 is 1.23 bits per heavy atom. The summed E-state index contributed by atoms with van der Waals surface area (Å²) in [7, 11) is 0. The number of amides is 1. The summed E-state index contributed by atoms with van der Waals surface area (Å²) in [4.78, 5) is 13.7. The van der Waals surface area contributed by atoms with Crippen LogP contribution in [-0.2, 0) is 4.74 Å². The molecule has 1 aliphatic heterocycles. The van der Waals surface area contributed by atoms with Crippen LogP contribution in [-0.4, -0.2) is 35.7 Å². The first kappa shape index (κ1) is 16.7. The molecule has 1 aromatic carbocycles. The van der Waals surface area contributed by atoms with Crippen molar-refractivity contribution in [3.63, 3.8) is 0 Å². The van der Waals surface area contributed by atoms with Gasteiger partial charge in [-0.3, -0.25) is 0 Å². The maximum atomic E-state index is 13.4. The molecule has 2 N–H and O–H groups in total. The highest BCUT2D eigenvalue weighted by Crippen LogP contribution is 2.28. The highest BCUT2D eigenvalue weighted by atomic mass is 19.1. The number of nitrogens with zero attached hydrogens (tertiary/aromatic N) is 1. The summed E-state index contributed by atoms with van der Waals surface area (Å²) in [6.07, 6.45) is 0.117. The second kappa shape index (κ2) is 6.20. The van der Waals surface area contributed by atoms with E-state index in [2.05, 4.69) is 0 Å². The SMILES string of the molecule is CC(C)(C)OC(=O)N1CC(N)CC(c2cc(F)cc(F)c2)C1. The third-order valence-electron chi connectivity index (χ3n) is 3.49. The van der Waals surface area contributed by atoms with Gasteiger partial charge in [-0.1, -0.05) is 0 Å². The predicted molar refractivity (Wildman–Crippen MR) is 79.5 cm³/mol. The average Bonchev–Trinajstić information content (AvgIpc) is 2.34. The van der Waals surface area contributed by atoms with Crippen LogP contribution in [0.5, 0.6) is 0 Å². The van der Waals surface area contributed by atoms with E-state index in [4.69, 9.17) is 10.5 Å². The Morgan fingerprint density at radius 2 is 1.82 bits per heavy atom. The van der Waals surface area contributed by atoms with E-state index in [1.807, 2.05) is 0 Å². The Balaban J connectivity index is 2.15. The van der Waals surface area contributed by atoms with Crippen molar-refractivity contribution < 1.29 is 18.3 Å². The second-order valence-corrected chi connectivity index (χ2v) is 6.78. The number of hydrogen-bond acceptors (Lipinski definition) is 3. The zero-order valence-electron chi connectivity index (χ0n) is 13.1. The van der Waals surface area contributed by atoms with Crippen molar-refractivity contribution in [1.82, 2.24) is 4.90 Å². The predicted octanol–water partition coefficient (Wildman–Crippen LogP) is 3.02. The summed E-state index contributed by atoms with van der Waals surface area (Å²) >= 11 is 0. The molecule has 2 unspecified atom stereocenters. The van der Waals surface area contributed by atoms with Gasteiger partial charge in [0.25, 0.3) is 0 Å². The first-order chi connectivity index (χ1) is 10.1. The molecule has 4 nitrogen and oxygen atoms in total. The summed E-state index contributed by atoms with van der Waals surface area (Å²) < 4.78 is 32.1. The fourth-order valence-corrected chi connectivity index (χ4v) is 2.67. The van der Waals surface area contributed by atoms with Gasteiger partial charge in [-0.15, -0.1) is 0 Å². The molecule has 0 bridgehead atoms. The number of nitrogens with two attached hydrogens (primary N) is 1. The Kier molecular flexibility index (Phi) is 4.70. The van der Waals surface area contributed by atoms with E-state index in [0.29, 0.717) is 25.1 Å². The quantitative estimate of drug-likeness (QED) is 0.867.